The van der Waals surface area contributed by atoms with Gasteiger partial charge in [-0.05, 0) is 239 Å². The lowest BCUT2D eigenvalue weighted by Crippen LogP contribution is -2.47. The van der Waals surface area contributed by atoms with Crippen LogP contribution in [0.15, 0.2) is 91.4 Å². The molecule has 30 nitrogen and oxygen atoms in total. The summed E-state index contributed by atoms with van der Waals surface area (Å²) in [7, 11) is -13.7. The standard InChI is InChI=1S/2C36H49N2O8P.C35H47N2O8P/c2*1-3-27-19-36(27,47(42,43)44)20-32(39)31-17-28-21-38(31)35(41)30(25-10-5-4-6-11-25)18-33(40)45-22-23(2)8-7-9-24-12-13-26-14-15-37-34(46-28)29(26)16-24;1-2-26-20-35(26,46(41,42)43)21-31(38)30-18-27-22-37(30)34(40)29(24-10-6-3-7-11-24)19-32(39)44-16-8-4-5-9-23-12-13-25-14-15-36-33(45-27)28(25)17-23/h2*12-16,23,25,27-28,30-31H,3-11,17-22H2,1-2H3,(H2,42,43,44);12-15,17,24,26-27,29-30H,2-11,16,18-22H2,1H3,(H2,41,42,43)/t23-,27?,28+,30-,31-,36?;23-,27?,28-,30+,31+,36?;26?,27-,29+,30+,35?/m011/s1. The van der Waals surface area contributed by atoms with Crippen molar-refractivity contribution in [3.63, 3.8) is 0 Å². The number of pyridine rings is 3. The van der Waals surface area contributed by atoms with Crippen LogP contribution in [0, 0.1) is 65.1 Å². The van der Waals surface area contributed by atoms with Gasteiger partial charge in [0.25, 0.3) is 0 Å². The molecule has 3 aromatic carbocycles. The van der Waals surface area contributed by atoms with Crippen LogP contribution in [-0.4, -0.2) is 203 Å². The number of fused-ring (bicyclic) bond motifs is 9. The number of carbonyl (C=O) groups is 9. The Bertz CT molecular complexity index is 5420. The molecule has 33 heteroatoms. The first kappa shape index (κ1) is 104. The molecule has 9 fully saturated rings. The smallest absolute Gasteiger partial charge is 0.332 e. The van der Waals surface area contributed by atoms with Crippen LogP contribution in [0.2, 0.25) is 0 Å². The Kier molecular flexibility index (Phi) is 33.6. The highest BCUT2D eigenvalue weighted by Crippen LogP contribution is 2.74. The number of aromatic nitrogens is 3. The van der Waals surface area contributed by atoms with Crippen molar-refractivity contribution in [1.29, 1.82) is 0 Å². The number of aryl methyl sites for hydroxylation is 3. The summed E-state index contributed by atoms with van der Waals surface area (Å²) in [4.78, 5) is 206. The summed E-state index contributed by atoms with van der Waals surface area (Å²) in [5.74, 6) is -4.05. The predicted molar refractivity (Wildman–Crippen MR) is 526 cm³/mol. The summed E-state index contributed by atoms with van der Waals surface area (Å²) in [6, 6.07) is 21.8. The minimum Gasteiger partial charge on any atom is -0.472 e. The van der Waals surface area contributed by atoms with Crippen molar-refractivity contribution in [2.24, 2.45) is 65.1 Å². The van der Waals surface area contributed by atoms with E-state index in [1.54, 1.807) is 33.3 Å². The number of rotatable bonds is 18. The van der Waals surface area contributed by atoms with E-state index in [4.69, 9.17) is 28.4 Å². The van der Waals surface area contributed by atoms with Gasteiger partial charge in [-0.3, -0.25) is 56.8 Å². The zero-order valence-corrected chi connectivity index (χ0v) is 84.7. The molecule has 6 aromatic rings. The van der Waals surface area contributed by atoms with Crippen molar-refractivity contribution in [1.82, 2.24) is 29.7 Å². The van der Waals surface area contributed by atoms with Crippen molar-refractivity contribution in [3.05, 3.63) is 108 Å². The summed E-state index contributed by atoms with van der Waals surface area (Å²) in [5.41, 5.74) is 3.43. The molecule has 12 aliphatic rings. The molecule has 3 saturated heterocycles. The lowest BCUT2D eigenvalue weighted by molar-refractivity contribution is -0.153. The highest BCUT2D eigenvalue weighted by molar-refractivity contribution is 7.54. The zero-order chi connectivity index (χ0) is 99.2. The first-order valence-corrected chi connectivity index (χ1v) is 57.2. The number of Topliss-reactive ketones (excluding diaryl/α,β-unsaturated/α-hetero) is 3. The van der Waals surface area contributed by atoms with Crippen molar-refractivity contribution < 1.29 is 115 Å². The molecule has 9 heterocycles. The molecule has 762 valence electrons. The van der Waals surface area contributed by atoms with Crippen LogP contribution >= 0.6 is 22.8 Å². The molecular weight excluding hydrogens is 1850 g/mol. The summed E-state index contributed by atoms with van der Waals surface area (Å²) in [6.07, 6.45) is 28.5. The van der Waals surface area contributed by atoms with Crippen LogP contribution in [0.3, 0.4) is 0 Å². The number of ketones is 3. The Morgan fingerprint density at radius 3 is 0.964 bits per heavy atom. The average Bonchev–Trinajstić information content (AvgIpc) is 1.57. The van der Waals surface area contributed by atoms with Crippen LogP contribution in [0.4, 0.5) is 0 Å². The molecule has 140 heavy (non-hydrogen) atoms. The normalized spacial score (nSPS) is 30.8. The van der Waals surface area contributed by atoms with E-state index in [9.17, 15) is 86.2 Å². The zero-order valence-electron chi connectivity index (χ0n) is 82.1. The predicted octanol–water partition coefficient (Wildman–Crippen LogP) is 17.7. The van der Waals surface area contributed by atoms with E-state index < -0.39 is 110 Å². The van der Waals surface area contributed by atoms with Gasteiger partial charge in [-0.1, -0.05) is 148 Å². The minimum absolute atomic E-state index is 0.00242. The number of hydrogen-bond donors (Lipinski definition) is 6. The number of carbonyl (C=O) groups excluding carboxylic acids is 9. The Balaban J connectivity index is 0.000000151. The SMILES string of the molecule is CCC1CC1(CC(=O)[C@@H]1C[C@@H]2CN1C(=O)[C@H](C1CCCCC1)CC(=O)OCCCCCc1ccc3ccnc(c3c1)O2)P(=O)(O)O.CCC1CC1(CC(=O)[C@@H]1C[C@@H]2CN1C(=O)[C@H](C1CCCCC1)CC(=O)OC[C@@H](C)CCCc1ccc3ccnc(c3c1)O2)P(=O)(O)O.CCC1CC1(CC(=O)[C@@H]1C[C@@H]2CN1C(=O)[C@H](C1CCCCC1)CC(=O)OC[C@H](C)CCCc1ccc3ccnc(c3c1)O2)P(=O)(O)O. The van der Waals surface area contributed by atoms with Crippen molar-refractivity contribution in [2.45, 2.75) is 343 Å². The van der Waals surface area contributed by atoms with Gasteiger partial charge in [0.05, 0.1) is 110 Å². The maximum absolute atomic E-state index is 14.6. The molecule has 12 bridgehead atoms. The second-order valence-electron chi connectivity index (χ2n) is 43.3. The van der Waals surface area contributed by atoms with Gasteiger partial charge in [-0.2, -0.15) is 0 Å². The molecule has 3 amide bonds. The molecule has 6 unspecified atom stereocenters. The van der Waals surface area contributed by atoms with Gasteiger partial charge in [0.15, 0.2) is 17.3 Å². The third kappa shape index (κ3) is 24.0. The van der Waals surface area contributed by atoms with Crippen LogP contribution < -0.4 is 14.2 Å². The van der Waals surface area contributed by atoms with E-state index >= 15 is 0 Å². The molecule has 3 aromatic heterocycles. The van der Waals surface area contributed by atoms with Crippen LogP contribution in [0.1, 0.15) is 289 Å². The first-order valence-electron chi connectivity index (χ1n) is 52.3. The molecule has 6 aliphatic carbocycles. The largest absolute Gasteiger partial charge is 0.472 e. The fourth-order valence-corrected chi connectivity index (χ4v) is 29.6. The number of ether oxygens (including phenoxy) is 6. The Labute approximate surface area is 821 Å². The third-order valence-corrected chi connectivity index (χ3v) is 39.3. The maximum Gasteiger partial charge on any atom is 0.332 e. The molecule has 18 rings (SSSR count). The van der Waals surface area contributed by atoms with Gasteiger partial charge >= 0.3 is 40.7 Å². The second-order valence-corrected chi connectivity index (χ2v) is 49.2. The molecule has 17 atom stereocenters. The number of esters is 3. The van der Waals surface area contributed by atoms with Crippen molar-refractivity contribution in [2.75, 3.05) is 39.5 Å². The van der Waals surface area contributed by atoms with Gasteiger partial charge in [-0.25, -0.2) is 15.0 Å². The molecule has 0 radical (unpaired) electrons. The lowest BCUT2D eigenvalue weighted by atomic mass is 9.77. The summed E-state index contributed by atoms with van der Waals surface area (Å²) in [5, 5.41) is 1.40. The maximum atomic E-state index is 14.6. The van der Waals surface area contributed by atoms with Gasteiger partial charge < -0.3 is 72.5 Å². The monoisotopic (exact) mass is 1990 g/mol. The Hall–Kier alpha value is -8.43. The number of cyclic esters (lactones) is 3. The van der Waals surface area contributed by atoms with Crippen LogP contribution in [-0.2, 0) is 90.3 Å². The van der Waals surface area contributed by atoms with Crippen LogP contribution in [0.25, 0.3) is 32.3 Å². The van der Waals surface area contributed by atoms with E-state index in [-0.39, 0.29) is 173 Å². The van der Waals surface area contributed by atoms with Crippen LogP contribution in [0.5, 0.6) is 17.6 Å². The topological polar surface area (TPSA) is 430 Å². The van der Waals surface area contributed by atoms with Crippen molar-refractivity contribution in [3.8, 4) is 17.6 Å². The highest BCUT2D eigenvalue weighted by atomic mass is 31.2. The van der Waals surface area contributed by atoms with Gasteiger partial charge in [0.1, 0.15) is 18.3 Å². The molecule has 6 N–H and O–H groups in total. The van der Waals surface area contributed by atoms with E-state index in [0.29, 0.717) is 63.1 Å². The average molecular weight is 1990 g/mol. The van der Waals surface area contributed by atoms with Gasteiger partial charge in [0.2, 0.25) is 35.4 Å². The molecule has 0 spiro atoms. The fraction of sp³-hybridized carbons (Fsp3) is 0.664. The quantitative estimate of drug-likeness (QED) is 0.0264. The number of nitrogens with zero attached hydrogens (tertiary/aromatic N) is 6. The third-order valence-electron chi connectivity index (χ3n) is 33.8. The van der Waals surface area contributed by atoms with Crippen molar-refractivity contribution >= 4 is 108 Å². The molecule has 6 saturated carbocycles. The van der Waals surface area contributed by atoms with E-state index in [1.165, 1.54) is 0 Å². The lowest BCUT2D eigenvalue weighted by Gasteiger charge is -2.34. The minimum atomic E-state index is -4.57. The molecular formula is C107H145N6O24P3. The Morgan fingerprint density at radius 2 is 0.671 bits per heavy atom. The van der Waals surface area contributed by atoms with Gasteiger partial charge in [0, 0.05) is 73.3 Å². The number of hydrogen-bond acceptors (Lipinski definition) is 21. The summed E-state index contributed by atoms with van der Waals surface area (Å²) in [6.45, 7) is 11.0. The fourth-order valence-electron chi connectivity index (χ4n) is 25.1. The first-order chi connectivity index (χ1) is 67.1. The van der Waals surface area contributed by atoms with E-state index in [1.807, 2.05) is 45.0 Å². The number of benzene rings is 3. The summed E-state index contributed by atoms with van der Waals surface area (Å²) >= 11 is 0. The number of amides is 3. The highest BCUT2D eigenvalue weighted by Gasteiger charge is 2.69. The Morgan fingerprint density at radius 1 is 0.379 bits per heavy atom. The summed E-state index contributed by atoms with van der Waals surface area (Å²) < 4.78 is 74.6. The van der Waals surface area contributed by atoms with E-state index in [0.717, 1.165) is 210 Å². The van der Waals surface area contributed by atoms with Gasteiger partial charge in [-0.15, -0.1) is 0 Å². The second kappa shape index (κ2) is 45.1. The van der Waals surface area contributed by atoms with E-state index in [2.05, 4.69) is 77.3 Å². The molecule has 6 aliphatic heterocycles.